The first-order chi connectivity index (χ1) is 9.26. The number of nitrogens with zero attached hydrogens (tertiary/aromatic N) is 1. The van der Waals surface area contributed by atoms with E-state index in [0.29, 0.717) is 12.0 Å². The summed E-state index contributed by atoms with van der Waals surface area (Å²) in [6, 6.07) is 9.40. The Labute approximate surface area is 113 Å². The van der Waals surface area contributed by atoms with Crippen LogP contribution in [0.2, 0.25) is 0 Å². The van der Waals surface area contributed by atoms with Crippen molar-refractivity contribution >= 4 is 16.8 Å². The summed E-state index contributed by atoms with van der Waals surface area (Å²) in [4.78, 5) is 16.6. The number of carbonyl (C=O) groups excluding carboxylic acids is 1. The van der Waals surface area contributed by atoms with E-state index in [2.05, 4.69) is 16.2 Å². The topological polar surface area (TPSA) is 42.0 Å². The van der Waals surface area contributed by atoms with Gasteiger partial charge in [0.2, 0.25) is 0 Å². The maximum atomic E-state index is 12.3. The van der Waals surface area contributed by atoms with Gasteiger partial charge in [-0.3, -0.25) is 9.78 Å². The van der Waals surface area contributed by atoms with Gasteiger partial charge < -0.3 is 5.32 Å². The predicted octanol–water partition coefficient (Wildman–Crippen LogP) is 2.77. The molecule has 0 fully saturated rings. The molecule has 1 amide bonds. The fourth-order valence-corrected chi connectivity index (χ4v) is 1.99. The van der Waals surface area contributed by atoms with Gasteiger partial charge in [0, 0.05) is 24.0 Å². The van der Waals surface area contributed by atoms with E-state index in [4.69, 9.17) is 6.42 Å². The van der Waals surface area contributed by atoms with Crippen LogP contribution in [0.4, 0.5) is 0 Å². The van der Waals surface area contributed by atoms with E-state index in [-0.39, 0.29) is 11.9 Å². The second-order valence-corrected chi connectivity index (χ2v) is 4.37. The van der Waals surface area contributed by atoms with Crippen LogP contribution in [0.5, 0.6) is 0 Å². The molecule has 0 aliphatic carbocycles. The van der Waals surface area contributed by atoms with Crippen LogP contribution >= 0.6 is 0 Å². The average molecular weight is 252 g/mol. The van der Waals surface area contributed by atoms with Crippen LogP contribution in [-0.4, -0.2) is 16.9 Å². The quantitative estimate of drug-likeness (QED) is 0.850. The third kappa shape index (κ3) is 2.92. The lowest BCUT2D eigenvalue weighted by atomic mass is 10.1. The SMILES string of the molecule is C#CCC(CC)NC(=O)c1cccc2cccnc12. The number of pyridine rings is 1. The number of amides is 1. The Balaban J connectivity index is 2.29. The van der Waals surface area contributed by atoms with Gasteiger partial charge in [-0.1, -0.05) is 25.1 Å². The number of hydrogen-bond donors (Lipinski definition) is 1. The number of terminal acetylenes is 1. The Morgan fingerprint density at radius 3 is 2.95 bits per heavy atom. The normalized spacial score (nSPS) is 11.8. The summed E-state index contributed by atoms with van der Waals surface area (Å²) in [7, 11) is 0. The second-order valence-electron chi connectivity index (χ2n) is 4.37. The number of hydrogen-bond acceptors (Lipinski definition) is 2. The molecular formula is C16H16N2O. The lowest BCUT2D eigenvalue weighted by Gasteiger charge is -2.14. The summed E-state index contributed by atoms with van der Waals surface area (Å²) in [6.07, 6.45) is 8.34. The summed E-state index contributed by atoms with van der Waals surface area (Å²) in [6.45, 7) is 2.00. The minimum Gasteiger partial charge on any atom is -0.348 e. The Hall–Kier alpha value is -2.34. The first-order valence-electron chi connectivity index (χ1n) is 6.34. The fourth-order valence-electron chi connectivity index (χ4n) is 1.99. The number of nitrogens with one attached hydrogen (secondary N) is 1. The molecule has 19 heavy (non-hydrogen) atoms. The Bertz CT molecular complexity index is 623. The van der Waals surface area contributed by atoms with Crippen LogP contribution in [0.3, 0.4) is 0 Å². The van der Waals surface area contributed by atoms with Gasteiger partial charge in [0.05, 0.1) is 11.1 Å². The second kappa shape index (κ2) is 6.01. The van der Waals surface area contributed by atoms with E-state index in [1.165, 1.54) is 0 Å². The summed E-state index contributed by atoms with van der Waals surface area (Å²) in [5.41, 5.74) is 1.31. The third-order valence-electron chi connectivity index (χ3n) is 3.07. The molecule has 96 valence electrons. The van der Waals surface area contributed by atoms with E-state index in [0.717, 1.165) is 17.3 Å². The van der Waals surface area contributed by atoms with Gasteiger partial charge in [0.25, 0.3) is 5.91 Å². The molecular weight excluding hydrogens is 236 g/mol. The molecule has 1 aromatic heterocycles. The van der Waals surface area contributed by atoms with Crippen LogP contribution in [-0.2, 0) is 0 Å². The maximum absolute atomic E-state index is 12.3. The van der Waals surface area contributed by atoms with Gasteiger partial charge in [-0.05, 0) is 18.6 Å². The Morgan fingerprint density at radius 1 is 1.42 bits per heavy atom. The average Bonchev–Trinajstić information content (AvgIpc) is 2.46. The van der Waals surface area contributed by atoms with Crippen molar-refractivity contribution in [2.24, 2.45) is 0 Å². The molecule has 3 heteroatoms. The molecule has 3 nitrogen and oxygen atoms in total. The molecule has 0 aliphatic heterocycles. The zero-order valence-corrected chi connectivity index (χ0v) is 10.9. The van der Waals surface area contributed by atoms with E-state index in [9.17, 15) is 4.79 Å². The lowest BCUT2D eigenvalue weighted by Crippen LogP contribution is -2.34. The molecule has 0 saturated heterocycles. The van der Waals surface area contributed by atoms with Crippen molar-refractivity contribution in [3.63, 3.8) is 0 Å². The van der Waals surface area contributed by atoms with Crippen LogP contribution in [0.15, 0.2) is 36.5 Å². The van der Waals surface area contributed by atoms with Crippen molar-refractivity contribution in [2.45, 2.75) is 25.8 Å². The van der Waals surface area contributed by atoms with Crippen LogP contribution in [0.25, 0.3) is 10.9 Å². The van der Waals surface area contributed by atoms with Gasteiger partial charge in [0.1, 0.15) is 0 Å². The molecule has 0 spiro atoms. The van der Waals surface area contributed by atoms with Crippen molar-refractivity contribution in [3.8, 4) is 12.3 Å². The van der Waals surface area contributed by atoms with E-state index in [1.807, 2.05) is 31.2 Å². The summed E-state index contributed by atoms with van der Waals surface area (Å²) >= 11 is 0. The lowest BCUT2D eigenvalue weighted by molar-refractivity contribution is 0.0938. The molecule has 1 unspecified atom stereocenters. The molecule has 0 aliphatic rings. The molecule has 2 rings (SSSR count). The van der Waals surface area contributed by atoms with E-state index >= 15 is 0 Å². The fraction of sp³-hybridized carbons (Fsp3) is 0.250. The largest absolute Gasteiger partial charge is 0.348 e. The first kappa shape index (κ1) is 13.1. The standard InChI is InChI=1S/C16H16N2O/c1-3-7-13(4-2)18-16(19)14-10-5-8-12-9-6-11-17-15(12)14/h1,5-6,8-11,13H,4,7H2,2H3,(H,18,19). The zero-order valence-electron chi connectivity index (χ0n) is 10.9. The number of benzene rings is 1. The summed E-state index contributed by atoms with van der Waals surface area (Å²) in [5.74, 6) is 2.46. The summed E-state index contributed by atoms with van der Waals surface area (Å²) < 4.78 is 0. The molecule has 1 N–H and O–H groups in total. The highest BCUT2D eigenvalue weighted by molar-refractivity contribution is 6.05. The molecule has 1 heterocycles. The molecule has 1 atom stereocenters. The first-order valence-corrected chi connectivity index (χ1v) is 6.34. The highest BCUT2D eigenvalue weighted by Crippen LogP contribution is 2.16. The minimum absolute atomic E-state index is 0.0106. The molecule has 0 bridgehead atoms. The van der Waals surface area contributed by atoms with Gasteiger partial charge in [0.15, 0.2) is 0 Å². The number of fused-ring (bicyclic) bond motifs is 1. The third-order valence-corrected chi connectivity index (χ3v) is 3.07. The van der Waals surface area contributed by atoms with Crippen molar-refractivity contribution in [1.82, 2.24) is 10.3 Å². The van der Waals surface area contributed by atoms with Gasteiger partial charge in [-0.15, -0.1) is 12.3 Å². The molecule has 1 aromatic carbocycles. The number of carbonyl (C=O) groups is 1. The van der Waals surface area contributed by atoms with Crippen LogP contribution in [0.1, 0.15) is 30.1 Å². The highest BCUT2D eigenvalue weighted by atomic mass is 16.1. The monoisotopic (exact) mass is 252 g/mol. The highest BCUT2D eigenvalue weighted by Gasteiger charge is 2.14. The van der Waals surface area contributed by atoms with Crippen molar-refractivity contribution in [3.05, 3.63) is 42.1 Å². The van der Waals surface area contributed by atoms with E-state index < -0.39 is 0 Å². The molecule has 2 aromatic rings. The van der Waals surface area contributed by atoms with Crippen LogP contribution < -0.4 is 5.32 Å². The number of rotatable bonds is 4. The Kier molecular flexibility index (Phi) is 4.15. The smallest absolute Gasteiger partial charge is 0.253 e. The maximum Gasteiger partial charge on any atom is 0.253 e. The van der Waals surface area contributed by atoms with Crippen molar-refractivity contribution < 1.29 is 4.79 Å². The van der Waals surface area contributed by atoms with Gasteiger partial charge >= 0.3 is 0 Å². The predicted molar refractivity (Wildman–Crippen MR) is 76.7 cm³/mol. The number of para-hydroxylation sites is 1. The van der Waals surface area contributed by atoms with Crippen LogP contribution in [0, 0.1) is 12.3 Å². The minimum atomic E-state index is -0.119. The molecule has 0 saturated carbocycles. The number of aromatic nitrogens is 1. The van der Waals surface area contributed by atoms with Gasteiger partial charge in [-0.2, -0.15) is 0 Å². The van der Waals surface area contributed by atoms with E-state index in [1.54, 1.807) is 12.3 Å². The summed E-state index contributed by atoms with van der Waals surface area (Å²) in [5, 5.41) is 3.91. The van der Waals surface area contributed by atoms with Gasteiger partial charge in [-0.25, -0.2) is 0 Å². The molecule has 0 radical (unpaired) electrons. The van der Waals surface area contributed by atoms with Crippen molar-refractivity contribution in [1.29, 1.82) is 0 Å². The Morgan fingerprint density at radius 2 is 2.21 bits per heavy atom. The van der Waals surface area contributed by atoms with Crippen molar-refractivity contribution in [2.75, 3.05) is 0 Å². The zero-order chi connectivity index (χ0) is 13.7.